The van der Waals surface area contributed by atoms with Gasteiger partial charge in [-0.1, -0.05) is 38.5 Å². The van der Waals surface area contributed by atoms with Gasteiger partial charge >= 0.3 is 0 Å². The van der Waals surface area contributed by atoms with Gasteiger partial charge in [-0.05, 0) is 26.1 Å². The molecule has 1 aliphatic carbocycles. The number of aliphatic hydroxyl groups excluding tert-OH is 1. The molecule has 0 saturated carbocycles. The molecule has 5 nitrogen and oxygen atoms in total. The van der Waals surface area contributed by atoms with Crippen LogP contribution >= 0.6 is 0 Å². The highest BCUT2D eigenvalue weighted by Gasteiger charge is 2.34. The Labute approximate surface area is 156 Å². The molecule has 0 fully saturated rings. The first-order valence-electron chi connectivity index (χ1n) is 12.1. The number of aliphatic hydroxyl groups is 1. The Bertz CT molecular complexity index is 750. The summed E-state index contributed by atoms with van der Waals surface area (Å²) >= 11 is 0. The van der Waals surface area contributed by atoms with Crippen LogP contribution in [0.15, 0.2) is 22.7 Å². The quantitative estimate of drug-likeness (QED) is 0.433. The summed E-state index contributed by atoms with van der Waals surface area (Å²) < 4.78 is 67.4. The van der Waals surface area contributed by atoms with Gasteiger partial charge in [-0.15, -0.1) is 0 Å². The second kappa shape index (κ2) is 11.0. The normalized spacial score (nSPS) is 21.9. The number of allylic oxidation sites excluding steroid dienone is 2. The van der Waals surface area contributed by atoms with Crippen LogP contribution in [0.5, 0.6) is 0 Å². The van der Waals surface area contributed by atoms with Crippen LogP contribution in [-0.4, -0.2) is 37.4 Å². The third-order valence-electron chi connectivity index (χ3n) is 4.03. The summed E-state index contributed by atoms with van der Waals surface area (Å²) in [6.07, 6.45) is 3.29. The molecule has 0 aromatic heterocycles. The molecule has 24 heavy (non-hydrogen) atoms. The van der Waals surface area contributed by atoms with Crippen LogP contribution < -0.4 is 0 Å². The smallest absolute Gasteiger partial charge is 0.228 e. The predicted octanol–water partition coefficient (Wildman–Crippen LogP) is 3.46. The summed E-state index contributed by atoms with van der Waals surface area (Å²) in [4.78, 5) is 25.4. The minimum Gasteiger partial charge on any atom is -0.489 e. The van der Waals surface area contributed by atoms with Crippen LogP contribution in [0.4, 0.5) is 0 Å². The van der Waals surface area contributed by atoms with Gasteiger partial charge in [-0.2, -0.15) is 0 Å². The van der Waals surface area contributed by atoms with Crippen LogP contribution in [0, 0.1) is 0 Å². The molecule has 0 spiro atoms. The molecular formula is C19H30O5. The molecule has 5 heteroatoms. The van der Waals surface area contributed by atoms with Gasteiger partial charge < -0.3 is 14.6 Å². The van der Waals surface area contributed by atoms with E-state index in [9.17, 15) is 9.59 Å². The van der Waals surface area contributed by atoms with Crippen molar-refractivity contribution in [2.75, 3.05) is 20.7 Å². The topological polar surface area (TPSA) is 72.8 Å². The van der Waals surface area contributed by atoms with E-state index in [0.717, 1.165) is 25.7 Å². The van der Waals surface area contributed by atoms with E-state index in [0.29, 0.717) is 12.8 Å². The number of hydrogen-bond donors (Lipinski definition) is 1. The van der Waals surface area contributed by atoms with Gasteiger partial charge in [0.15, 0.2) is 0 Å². The second-order valence-electron chi connectivity index (χ2n) is 5.65. The van der Waals surface area contributed by atoms with Crippen LogP contribution in [0.1, 0.15) is 75.6 Å². The predicted molar refractivity (Wildman–Crippen MR) is 92.4 cm³/mol. The number of Topliss-reactive ketones (excluding diaryl/α,β-unsaturated/α-hetero) is 2. The van der Waals surface area contributed by atoms with Crippen molar-refractivity contribution >= 4 is 11.6 Å². The molecule has 1 rings (SSSR count). The van der Waals surface area contributed by atoms with Crippen LogP contribution in [0.3, 0.4) is 0 Å². The number of unbranched alkanes of at least 4 members (excludes halogenated alkanes) is 5. The lowest BCUT2D eigenvalue weighted by atomic mass is 9.89. The first kappa shape index (κ1) is 11.1. The molecular weight excluding hydrogens is 308 g/mol. The first-order valence-corrected chi connectivity index (χ1v) is 8.10. The van der Waals surface area contributed by atoms with Crippen molar-refractivity contribution in [3.8, 4) is 0 Å². The molecule has 0 heterocycles. The van der Waals surface area contributed by atoms with Gasteiger partial charge in [-0.25, -0.2) is 0 Å². The SMILES string of the molecule is [2H]C([2H])(CO)CCCCCCCCC1=C(C)C(=O)C(OC([2H])([2H])[2H])=C(OC([2H])([2H])[2H])C1=O. The fourth-order valence-electron chi connectivity index (χ4n) is 2.65. The van der Waals surface area contributed by atoms with Gasteiger partial charge in [0.1, 0.15) is 0 Å². The lowest BCUT2D eigenvalue weighted by Crippen LogP contribution is -2.25. The van der Waals surface area contributed by atoms with Gasteiger partial charge in [0, 0.05) is 20.5 Å². The van der Waals surface area contributed by atoms with Crippen molar-refractivity contribution in [2.24, 2.45) is 0 Å². The first-order chi connectivity index (χ1) is 14.6. The molecule has 0 saturated heterocycles. The van der Waals surface area contributed by atoms with E-state index in [1.807, 2.05) is 0 Å². The van der Waals surface area contributed by atoms with Gasteiger partial charge in [0.05, 0.1) is 22.3 Å². The molecule has 0 bridgehead atoms. The van der Waals surface area contributed by atoms with E-state index in [4.69, 9.17) is 16.1 Å². The van der Waals surface area contributed by atoms with E-state index >= 15 is 0 Å². The summed E-state index contributed by atoms with van der Waals surface area (Å²) in [7, 11) is -6.14. The molecule has 0 unspecified atom stereocenters. The highest BCUT2D eigenvalue weighted by Crippen LogP contribution is 2.28. The summed E-state index contributed by atoms with van der Waals surface area (Å²) in [5, 5.41) is 8.90. The Morgan fingerprint density at radius 3 is 2.04 bits per heavy atom. The lowest BCUT2D eigenvalue weighted by Gasteiger charge is -2.20. The molecule has 1 N–H and O–H groups in total. The molecule has 0 amide bonds. The van der Waals surface area contributed by atoms with Crippen LogP contribution in [-0.2, 0) is 19.1 Å². The Kier molecular flexibility index (Phi) is 5.09. The van der Waals surface area contributed by atoms with Gasteiger partial charge in [0.2, 0.25) is 23.1 Å². The molecule has 0 aromatic rings. The molecule has 0 aromatic carbocycles. The lowest BCUT2D eigenvalue weighted by molar-refractivity contribution is -0.121. The van der Waals surface area contributed by atoms with Gasteiger partial charge in [-0.3, -0.25) is 9.59 Å². The second-order valence-corrected chi connectivity index (χ2v) is 5.65. The number of carbonyl (C=O) groups excluding carboxylic acids is 2. The molecule has 0 radical (unpaired) electrons. The Hall–Kier alpha value is -1.62. The summed E-state index contributed by atoms with van der Waals surface area (Å²) in [6.45, 7) is 0.856. The largest absolute Gasteiger partial charge is 0.489 e. The zero-order valence-corrected chi connectivity index (χ0v) is 13.9. The van der Waals surface area contributed by atoms with Crippen LogP contribution in [0.25, 0.3) is 0 Å². The minimum absolute atomic E-state index is 0.00150. The molecule has 0 atom stereocenters. The van der Waals surface area contributed by atoms with Crippen molar-refractivity contribution in [3.05, 3.63) is 22.7 Å². The number of hydrogen-bond acceptors (Lipinski definition) is 5. The highest BCUT2D eigenvalue weighted by molar-refractivity contribution is 6.23. The van der Waals surface area contributed by atoms with Crippen molar-refractivity contribution in [3.63, 3.8) is 0 Å². The molecule has 136 valence electrons. The van der Waals surface area contributed by atoms with E-state index in [1.54, 1.807) is 0 Å². The summed E-state index contributed by atoms with van der Waals surface area (Å²) in [6, 6.07) is 0. The zero-order valence-electron chi connectivity index (χ0n) is 21.9. The Morgan fingerprint density at radius 2 is 1.46 bits per heavy atom. The number of rotatable bonds is 12. The average Bonchev–Trinajstić information content (AvgIpc) is 2.65. The maximum atomic E-state index is 12.8. The third-order valence-corrected chi connectivity index (χ3v) is 4.03. The number of ketones is 2. The maximum absolute atomic E-state index is 12.8. The molecule has 0 aliphatic heterocycles. The summed E-state index contributed by atoms with van der Waals surface area (Å²) in [5.41, 5.74) is 0.0710. The van der Waals surface area contributed by atoms with Crippen LogP contribution in [0.2, 0.25) is 0 Å². The highest BCUT2D eigenvalue weighted by atomic mass is 16.5. The minimum atomic E-state index is -3.07. The maximum Gasteiger partial charge on any atom is 0.228 e. The molecule has 1 aliphatic rings. The zero-order chi connectivity index (χ0) is 24.7. The number of carbonyl (C=O) groups is 2. The Morgan fingerprint density at radius 1 is 0.917 bits per heavy atom. The standard InChI is InChI=1S/C19H30O5/c1-14-15(12-10-8-6-4-5-7-9-11-13-20)17(22)19(24-3)18(23-2)16(14)21/h20H,4-13H2,1-3H3/i2D3,3D3,11D2. The van der Waals surface area contributed by atoms with Crippen molar-refractivity contribution < 1.29 is 35.1 Å². The van der Waals surface area contributed by atoms with E-state index in [-0.39, 0.29) is 24.0 Å². The van der Waals surface area contributed by atoms with Crippen molar-refractivity contribution in [1.82, 2.24) is 0 Å². The number of methoxy groups -OCH3 is 2. The van der Waals surface area contributed by atoms with Crippen molar-refractivity contribution in [2.45, 2.75) is 64.7 Å². The monoisotopic (exact) mass is 346 g/mol. The fourth-order valence-corrected chi connectivity index (χ4v) is 2.65. The third kappa shape index (κ3) is 5.48. The van der Waals surface area contributed by atoms with E-state index in [1.165, 1.54) is 6.92 Å². The van der Waals surface area contributed by atoms with E-state index < -0.39 is 50.1 Å². The Balaban J connectivity index is 2.72. The van der Waals surface area contributed by atoms with Gasteiger partial charge in [0.25, 0.3) is 0 Å². The number of ether oxygens (including phenoxy) is 2. The van der Waals surface area contributed by atoms with E-state index in [2.05, 4.69) is 9.47 Å². The van der Waals surface area contributed by atoms with Crippen molar-refractivity contribution in [1.29, 1.82) is 0 Å². The fraction of sp³-hybridized carbons (Fsp3) is 0.684. The average molecular weight is 346 g/mol. The summed E-state index contributed by atoms with van der Waals surface area (Å²) in [5.74, 6) is -3.60.